The van der Waals surface area contributed by atoms with E-state index in [0.29, 0.717) is 24.7 Å². The SMILES string of the molecule is COCCOc1cc(C)ccc1NC(=O)C(C)C(N)c1ccccc1. The van der Waals surface area contributed by atoms with E-state index in [2.05, 4.69) is 5.32 Å². The molecule has 0 saturated carbocycles. The molecule has 0 aromatic heterocycles. The van der Waals surface area contributed by atoms with E-state index in [1.54, 1.807) is 7.11 Å². The lowest BCUT2D eigenvalue weighted by atomic mass is 9.94. The quantitative estimate of drug-likeness (QED) is 0.722. The number of hydrogen-bond acceptors (Lipinski definition) is 4. The Balaban J connectivity index is 2.08. The summed E-state index contributed by atoms with van der Waals surface area (Å²) in [5.41, 5.74) is 8.87. The summed E-state index contributed by atoms with van der Waals surface area (Å²) in [7, 11) is 1.62. The predicted octanol–water partition coefficient (Wildman–Crippen LogP) is 3.29. The first-order valence-corrected chi connectivity index (χ1v) is 8.36. The molecular formula is C20H26N2O3. The predicted molar refractivity (Wildman–Crippen MR) is 99.7 cm³/mol. The van der Waals surface area contributed by atoms with Crippen LogP contribution in [0.5, 0.6) is 5.75 Å². The van der Waals surface area contributed by atoms with Gasteiger partial charge in [-0.1, -0.05) is 43.3 Å². The molecule has 2 unspecified atom stereocenters. The molecule has 0 saturated heterocycles. The third-order valence-corrected chi connectivity index (χ3v) is 4.08. The number of benzene rings is 2. The normalized spacial score (nSPS) is 13.1. The number of carbonyl (C=O) groups is 1. The smallest absolute Gasteiger partial charge is 0.229 e. The minimum atomic E-state index is -0.379. The van der Waals surface area contributed by atoms with Gasteiger partial charge in [-0.05, 0) is 30.2 Å². The van der Waals surface area contributed by atoms with Crippen molar-refractivity contribution in [3.63, 3.8) is 0 Å². The number of rotatable bonds is 8. The standard InChI is InChI=1S/C20H26N2O3/c1-14-9-10-17(18(13-14)25-12-11-24-3)22-20(23)15(2)19(21)16-7-5-4-6-8-16/h4-10,13,15,19H,11-12,21H2,1-3H3,(H,22,23). The number of nitrogens with one attached hydrogen (secondary N) is 1. The largest absolute Gasteiger partial charge is 0.489 e. The van der Waals surface area contributed by atoms with Gasteiger partial charge in [-0.25, -0.2) is 0 Å². The van der Waals surface area contributed by atoms with Gasteiger partial charge in [0, 0.05) is 13.2 Å². The van der Waals surface area contributed by atoms with Crippen molar-refractivity contribution in [2.24, 2.45) is 11.7 Å². The maximum atomic E-state index is 12.6. The van der Waals surface area contributed by atoms with Crippen molar-refractivity contribution >= 4 is 11.6 Å². The molecule has 2 aromatic carbocycles. The average molecular weight is 342 g/mol. The van der Waals surface area contributed by atoms with Crippen LogP contribution in [0.1, 0.15) is 24.1 Å². The van der Waals surface area contributed by atoms with Crippen LogP contribution in [0.3, 0.4) is 0 Å². The maximum absolute atomic E-state index is 12.6. The Morgan fingerprint density at radius 2 is 1.88 bits per heavy atom. The van der Waals surface area contributed by atoms with Gasteiger partial charge in [0.05, 0.1) is 18.2 Å². The molecule has 0 aliphatic carbocycles. The summed E-state index contributed by atoms with van der Waals surface area (Å²) in [6.45, 7) is 4.70. The molecule has 2 rings (SSSR count). The van der Waals surface area contributed by atoms with Crippen LogP contribution >= 0.6 is 0 Å². The summed E-state index contributed by atoms with van der Waals surface area (Å²) in [4.78, 5) is 12.6. The Kier molecular flexibility index (Phi) is 6.98. The fourth-order valence-electron chi connectivity index (χ4n) is 2.46. The highest BCUT2D eigenvalue weighted by atomic mass is 16.5. The first kappa shape index (κ1) is 19.0. The highest BCUT2D eigenvalue weighted by molar-refractivity contribution is 5.94. The van der Waals surface area contributed by atoms with Gasteiger partial charge >= 0.3 is 0 Å². The number of amides is 1. The molecule has 0 aliphatic rings. The van der Waals surface area contributed by atoms with Crippen molar-refractivity contribution in [1.82, 2.24) is 0 Å². The van der Waals surface area contributed by atoms with Gasteiger partial charge in [0.25, 0.3) is 0 Å². The van der Waals surface area contributed by atoms with Crippen LogP contribution in [0.25, 0.3) is 0 Å². The number of anilines is 1. The number of hydrogen-bond donors (Lipinski definition) is 2. The number of carbonyl (C=O) groups excluding carboxylic acids is 1. The molecule has 5 nitrogen and oxygen atoms in total. The first-order valence-electron chi connectivity index (χ1n) is 8.36. The van der Waals surface area contributed by atoms with Gasteiger partial charge < -0.3 is 20.5 Å². The zero-order valence-electron chi connectivity index (χ0n) is 15.0. The highest BCUT2D eigenvalue weighted by Crippen LogP contribution is 2.28. The van der Waals surface area contributed by atoms with E-state index in [4.69, 9.17) is 15.2 Å². The molecule has 3 N–H and O–H groups in total. The zero-order chi connectivity index (χ0) is 18.2. The first-order chi connectivity index (χ1) is 12.0. The third kappa shape index (κ3) is 5.31. The molecule has 0 aliphatic heterocycles. The molecule has 0 heterocycles. The Hall–Kier alpha value is -2.37. The molecule has 0 radical (unpaired) electrons. The fourth-order valence-corrected chi connectivity index (χ4v) is 2.46. The third-order valence-electron chi connectivity index (χ3n) is 4.08. The van der Waals surface area contributed by atoms with Gasteiger partial charge in [0.2, 0.25) is 5.91 Å². The number of nitrogens with two attached hydrogens (primary N) is 1. The second-order valence-electron chi connectivity index (χ2n) is 6.06. The second kappa shape index (κ2) is 9.20. The number of ether oxygens (including phenoxy) is 2. The van der Waals surface area contributed by atoms with Gasteiger partial charge in [0.1, 0.15) is 12.4 Å². The highest BCUT2D eigenvalue weighted by Gasteiger charge is 2.23. The summed E-state index contributed by atoms with van der Waals surface area (Å²) in [6.07, 6.45) is 0. The summed E-state index contributed by atoms with van der Waals surface area (Å²) in [6, 6.07) is 14.9. The zero-order valence-corrected chi connectivity index (χ0v) is 15.0. The van der Waals surface area contributed by atoms with Crippen LogP contribution in [-0.4, -0.2) is 26.2 Å². The Morgan fingerprint density at radius 3 is 2.56 bits per heavy atom. The summed E-state index contributed by atoms with van der Waals surface area (Å²) >= 11 is 0. The van der Waals surface area contributed by atoms with Crippen molar-refractivity contribution in [2.75, 3.05) is 25.6 Å². The average Bonchev–Trinajstić information content (AvgIpc) is 2.63. The Morgan fingerprint density at radius 1 is 1.16 bits per heavy atom. The molecule has 0 fully saturated rings. The van der Waals surface area contributed by atoms with Crippen LogP contribution in [-0.2, 0) is 9.53 Å². The van der Waals surface area contributed by atoms with Crippen LogP contribution < -0.4 is 15.8 Å². The van der Waals surface area contributed by atoms with E-state index in [0.717, 1.165) is 11.1 Å². The number of aryl methyl sites for hydroxylation is 1. The van der Waals surface area contributed by atoms with Crippen LogP contribution in [0.15, 0.2) is 48.5 Å². The molecule has 2 aromatic rings. The summed E-state index contributed by atoms with van der Waals surface area (Å²) in [5.74, 6) is 0.109. The Bertz CT molecular complexity index is 689. The maximum Gasteiger partial charge on any atom is 0.229 e. The van der Waals surface area contributed by atoms with Crippen LogP contribution in [0.2, 0.25) is 0 Å². The summed E-state index contributed by atoms with van der Waals surface area (Å²) in [5, 5.41) is 2.93. The van der Waals surface area contributed by atoms with Gasteiger partial charge in [0.15, 0.2) is 0 Å². The van der Waals surface area contributed by atoms with Crippen LogP contribution in [0.4, 0.5) is 5.69 Å². The lowest BCUT2D eigenvalue weighted by molar-refractivity contribution is -0.120. The minimum absolute atomic E-state index is 0.142. The number of methoxy groups -OCH3 is 1. The fraction of sp³-hybridized carbons (Fsp3) is 0.350. The van der Waals surface area contributed by atoms with Crippen LogP contribution in [0, 0.1) is 12.8 Å². The van der Waals surface area contributed by atoms with Crippen molar-refractivity contribution in [3.05, 3.63) is 59.7 Å². The molecule has 134 valence electrons. The molecule has 25 heavy (non-hydrogen) atoms. The second-order valence-corrected chi connectivity index (χ2v) is 6.06. The van der Waals surface area contributed by atoms with E-state index in [9.17, 15) is 4.79 Å². The molecule has 5 heteroatoms. The van der Waals surface area contributed by atoms with E-state index in [1.807, 2.05) is 62.4 Å². The van der Waals surface area contributed by atoms with E-state index >= 15 is 0 Å². The lowest BCUT2D eigenvalue weighted by Gasteiger charge is -2.21. The van der Waals surface area contributed by atoms with Gasteiger partial charge in [-0.2, -0.15) is 0 Å². The summed E-state index contributed by atoms with van der Waals surface area (Å²) < 4.78 is 10.7. The van der Waals surface area contributed by atoms with Crippen molar-refractivity contribution in [2.45, 2.75) is 19.9 Å². The molecule has 2 atom stereocenters. The van der Waals surface area contributed by atoms with Crippen molar-refractivity contribution in [3.8, 4) is 5.75 Å². The van der Waals surface area contributed by atoms with Crippen molar-refractivity contribution < 1.29 is 14.3 Å². The topological polar surface area (TPSA) is 73.6 Å². The van der Waals surface area contributed by atoms with Crippen molar-refractivity contribution in [1.29, 1.82) is 0 Å². The van der Waals surface area contributed by atoms with Gasteiger partial charge in [-0.3, -0.25) is 4.79 Å². The molecule has 0 spiro atoms. The molecule has 1 amide bonds. The molecular weight excluding hydrogens is 316 g/mol. The van der Waals surface area contributed by atoms with E-state index < -0.39 is 0 Å². The minimum Gasteiger partial charge on any atom is -0.489 e. The monoisotopic (exact) mass is 342 g/mol. The molecule has 0 bridgehead atoms. The van der Waals surface area contributed by atoms with E-state index in [1.165, 1.54) is 0 Å². The Labute approximate surface area is 149 Å². The lowest BCUT2D eigenvalue weighted by Crippen LogP contribution is -2.30. The van der Waals surface area contributed by atoms with Gasteiger partial charge in [-0.15, -0.1) is 0 Å². The van der Waals surface area contributed by atoms with E-state index in [-0.39, 0.29) is 17.9 Å².